The van der Waals surface area contributed by atoms with Gasteiger partial charge in [-0.25, -0.2) is 0 Å². The summed E-state index contributed by atoms with van der Waals surface area (Å²) in [5.41, 5.74) is 1.02. The van der Waals surface area contributed by atoms with Gasteiger partial charge in [0.15, 0.2) is 0 Å². The molecule has 1 aromatic carbocycles. The van der Waals surface area contributed by atoms with Gasteiger partial charge in [-0.15, -0.1) is 0 Å². The molecule has 0 radical (unpaired) electrons. The number of rotatable bonds is 3. The van der Waals surface area contributed by atoms with E-state index in [1.165, 1.54) is 6.21 Å². The molecule has 0 unspecified atom stereocenters. The molecular weight excluding hydrogens is 315 g/mol. The van der Waals surface area contributed by atoms with E-state index in [4.69, 9.17) is 0 Å². The average molecular weight is 326 g/mol. The van der Waals surface area contributed by atoms with Crippen LogP contribution in [0.2, 0.25) is 0 Å². The maximum Gasteiger partial charge on any atom is 0.310 e. The van der Waals surface area contributed by atoms with E-state index in [1.54, 1.807) is 6.92 Å². The van der Waals surface area contributed by atoms with Crippen LogP contribution in [0, 0.1) is 0 Å². The topological polar surface area (TPSA) is 41.5 Å². The van der Waals surface area contributed by atoms with Gasteiger partial charge in [-0.1, -0.05) is 19.4 Å². The Morgan fingerprint density at radius 1 is 1.14 bits per heavy atom. The summed E-state index contributed by atoms with van der Waals surface area (Å²) in [6.45, 7) is 2.07. The lowest BCUT2D eigenvalue weighted by Crippen LogP contribution is -2.15. The highest BCUT2D eigenvalue weighted by Gasteiger charge is 2.65. The molecule has 1 aliphatic heterocycles. The number of hydrogen-bond acceptors (Lipinski definition) is 2. The summed E-state index contributed by atoms with van der Waals surface area (Å²) in [5.74, 6) is -0.547. The lowest BCUT2D eigenvalue weighted by Gasteiger charge is -2.40. The van der Waals surface area contributed by atoms with Gasteiger partial charge in [-0.3, -0.25) is 9.79 Å². The fourth-order valence-electron chi connectivity index (χ4n) is 1.72. The van der Waals surface area contributed by atoms with Crippen LogP contribution in [0.15, 0.2) is 45.3 Å². The molecule has 3 nitrogen and oxygen atoms in total. The first-order valence-electron chi connectivity index (χ1n) is 5.72. The number of halogens is 5. The quantitative estimate of drug-likeness (QED) is 0.805. The Bertz CT molecular complexity index is 661. The van der Waals surface area contributed by atoms with Crippen LogP contribution in [0.25, 0.3) is 0 Å². The monoisotopic (exact) mass is 326 g/mol. The van der Waals surface area contributed by atoms with Crippen molar-refractivity contribution >= 4 is 28.0 Å². The van der Waals surface area contributed by atoms with E-state index in [2.05, 4.69) is 10.3 Å². The summed E-state index contributed by atoms with van der Waals surface area (Å²) in [5, 5.41) is 2.33. The molecule has 1 heterocycles. The van der Waals surface area contributed by atoms with Gasteiger partial charge < -0.3 is 5.32 Å². The molecule has 0 fully saturated rings. The zero-order valence-electron chi connectivity index (χ0n) is 10.7. The van der Waals surface area contributed by atoms with E-state index in [9.17, 15) is 24.2 Å². The summed E-state index contributed by atoms with van der Waals surface area (Å²) < 4.78 is 62.6. The summed E-state index contributed by atoms with van der Waals surface area (Å²) in [6.07, 6.45) is 1.35. The number of anilines is 1. The summed E-state index contributed by atoms with van der Waals surface area (Å²) in [7, 11) is -9.68. The predicted octanol–water partition coefficient (Wildman–Crippen LogP) is 4.68. The number of nitrogens with zero attached hydrogens (tertiary/aromatic N) is 1. The number of carbonyl (C=O) groups is 1. The summed E-state index contributed by atoms with van der Waals surface area (Å²) in [6, 6.07) is 2.07. The van der Waals surface area contributed by atoms with Crippen molar-refractivity contribution in [2.45, 2.75) is 11.8 Å². The van der Waals surface area contributed by atoms with Crippen LogP contribution in [-0.4, -0.2) is 18.7 Å². The third-order valence-electron chi connectivity index (χ3n) is 2.81. The van der Waals surface area contributed by atoms with Crippen LogP contribution in [0.1, 0.15) is 6.92 Å². The highest BCUT2D eigenvalue weighted by atomic mass is 32.5. The first kappa shape index (κ1) is 15.5. The fraction of sp³-hybridized carbons (Fsp3) is 0.167. The van der Waals surface area contributed by atoms with Crippen molar-refractivity contribution in [2.24, 2.45) is 4.99 Å². The molecule has 0 aromatic heterocycles. The van der Waals surface area contributed by atoms with Crippen LogP contribution in [0.5, 0.6) is 0 Å². The third-order valence-corrected chi connectivity index (χ3v) is 3.97. The maximum atomic E-state index is 12.5. The molecule has 21 heavy (non-hydrogen) atoms. The second-order valence-electron chi connectivity index (χ2n) is 4.61. The molecule has 0 spiro atoms. The Morgan fingerprint density at radius 2 is 1.71 bits per heavy atom. The van der Waals surface area contributed by atoms with Crippen LogP contribution in [0.3, 0.4) is 0 Å². The number of benzene rings is 1. The second kappa shape index (κ2) is 4.06. The SMILES string of the molecule is CC1=C(C(=O)Nc2ccc(S(F)(F)(F)(F)F)cc2)C=NC1. The highest BCUT2D eigenvalue weighted by Crippen LogP contribution is 3.02. The van der Waals surface area contributed by atoms with Crippen molar-refractivity contribution < 1.29 is 24.2 Å². The van der Waals surface area contributed by atoms with Crippen LogP contribution in [0.4, 0.5) is 25.1 Å². The number of nitrogens with one attached hydrogen (secondary N) is 1. The van der Waals surface area contributed by atoms with E-state index >= 15 is 0 Å². The van der Waals surface area contributed by atoms with Gasteiger partial charge in [0.2, 0.25) is 0 Å². The van der Waals surface area contributed by atoms with E-state index in [0.29, 0.717) is 12.1 Å². The van der Waals surface area contributed by atoms with Crippen molar-refractivity contribution in [1.82, 2.24) is 0 Å². The van der Waals surface area contributed by atoms with Gasteiger partial charge in [0.25, 0.3) is 5.91 Å². The normalized spacial score (nSPS) is 18.4. The molecule has 0 saturated carbocycles. The van der Waals surface area contributed by atoms with Crippen molar-refractivity contribution in [3.63, 3.8) is 0 Å². The largest absolute Gasteiger partial charge is 0.322 e. The third kappa shape index (κ3) is 3.60. The Kier molecular flexibility index (Phi) is 3.00. The fourth-order valence-corrected chi connectivity index (χ4v) is 2.37. The minimum atomic E-state index is -9.68. The van der Waals surface area contributed by atoms with Gasteiger partial charge in [-0.05, 0) is 36.8 Å². The minimum absolute atomic E-state index is 0.00815. The van der Waals surface area contributed by atoms with Gasteiger partial charge in [0.05, 0.1) is 12.1 Å². The molecule has 2 rings (SSSR count). The summed E-state index contributed by atoms with van der Waals surface area (Å²) >= 11 is 0. The number of hydrogen-bond donors (Lipinski definition) is 1. The highest BCUT2D eigenvalue weighted by molar-refractivity contribution is 8.45. The standard InChI is InChI=1S/C12H11F5N2OS/c1-8-6-18-7-11(8)12(20)19-9-2-4-10(5-3-9)21(13,14,15,16)17/h2-5,7H,6H2,1H3,(H,19,20). The predicted molar refractivity (Wildman–Crippen MR) is 72.5 cm³/mol. The Hall–Kier alpha value is -1.90. The van der Waals surface area contributed by atoms with E-state index in [0.717, 1.165) is 17.7 Å². The minimum Gasteiger partial charge on any atom is -0.322 e. The average Bonchev–Trinajstić information content (AvgIpc) is 2.73. The first-order valence-corrected chi connectivity index (χ1v) is 7.67. The van der Waals surface area contributed by atoms with Gasteiger partial charge in [0, 0.05) is 11.9 Å². The number of carbonyl (C=O) groups excluding carboxylic acids is 1. The van der Waals surface area contributed by atoms with Crippen LogP contribution < -0.4 is 5.32 Å². The van der Waals surface area contributed by atoms with E-state index in [-0.39, 0.29) is 17.8 Å². The Balaban J connectivity index is 2.20. The van der Waals surface area contributed by atoms with E-state index in [1.807, 2.05) is 0 Å². The molecule has 0 aliphatic carbocycles. The molecule has 0 atom stereocenters. The smallest absolute Gasteiger partial charge is 0.310 e. The van der Waals surface area contributed by atoms with Crippen molar-refractivity contribution in [2.75, 3.05) is 11.9 Å². The van der Waals surface area contributed by atoms with Crippen molar-refractivity contribution in [3.05, 3.63) is 35.4 Å². The lowest BCUT2D eigenvalue weighted by molar-refractivity contribution is -0.112. The molecular formula is C12H11F5N2OS. The maximum absolute atomic E-state index is 12.5. The first-order chi connectivity index (χ1) is 9.36. The Morgan fingerprint density at radius 3 is 2.14 bits per heavy atom. The molecule has 0 bridgehead atoms. The zero-order valence-corrected chi connectivity index (χ0v) is 11.6. The van der Waals surface area contributed by atoms with Crippen LogP contribution >= 0.6 is 10.2 Å². The second-order valence-corrected chi connectivity index (χ2v) is 7.02. The summed E-state index contributed by atoms with van der Waals surface area (Å²) in [4.78, 5) is 13.7. The molecule has 1 N–H and O–H groups in total. The molecule has 9 heteroatoms. The molecule has 1 aromatic rings. The molecule has 1 aliphatic rings. The van der Waals surface area contributed by atoms with E-state index < -0.39 is 21.0 Å². The lowest BCUT2D eigenvalue weighted by atomic mass is 10.1. The molecule has 1 amide bonds. The Labute approximate surface area is 117 Å². The molecule has 0 saturated heterocycles. The van der Waals surface area contributed by atoms with Crippen molar-refractivity contribution in [1.29, 1.82) is 0 Å². The van der Waals surface area contributed by atoms with Gasteiger partial charge >= 0.3 is 10.2 Å². The number of aliphatic imine (C=N–C) groups is 1. The van der Waals surface area contributed by atoms with Gasteiger partial charge in [-0.2, -0.15) is 0 Å². The van der Waals surface area contributed by atoms with Gasteiger partial charge in [0.1, 0.15) is 4.90 Å². The van der Waals surface area contributed by atoms with Crippen LogP contribution in [-0.2, 0) is 4.79 Å². The van der Waals surface area contributed by atoms with Crippen molar-refractivity contribution in [3.8, 4) is 0 Å². The number of amides is 1. The zero-order chi connectivity index (χ0) is 16.0. The molecule has 116 valence electrons.